The van der Waals surface area contributed by atoms with E-state index in [2.05, 4.69) is 69.4 Å². The van der Waals surface area contributed by atoms with Crippen LogP contribution < -0.4 is 4.90 Å². The molecule has 18 heavy (non-hydrogen) atoms. The van der Waals surface area contributed by atoms with Crippen molar-refractivity contribution in [3.8, 4) is 0 Å². The predicted octanol–water partition coefficient (Wildman–Crippen LogP) is 4.40. The molecule has 2 heteroatoms. The lowest BCUT2D eigenvalue weighted by molar-refractivity contribution is 0.691. The summed E-state index contributed by atoms with van der Waals surface area (Å²) in [5.74, 6) is 0. The van der Waals surface area contributed by atoms with E-state index in [0.717, 1.165) is 13.1 Å². The highest BCUT2D eigenvalue weighted by molar-refractivity contribution is 9.10. The third-order valence-electron chi connectivity index (χ3n) is 3.47. The van der Waals surface area contributed by atoms with E-state index in [1.165, 1.54) is 34.1 Å². The monoisotopic (exact) mass is 301 g/mol. The zero-order chi connectivity index (χ0) is 12.4. The number of halogens is 1. The van der Waals surface area contributed by atoms with Gasteiger partial charge in [0, 0.05) is 23.2 Å². The molecule has 0 N–H and O–H groups in total. The first-order valence-electron chi connectivity index (χ1n) is 6.40. The van der Waals surface area contributed by atoms with E-state index in [-0.39, 0.29) is 0 Å². The lowest BCUT2D eigenvalue weighted by Crippen LogP contribution is -2.28. The summed E-state index contributed by atoms with van der Waals surface area (Å²) in [6.45, 7) is 2.17. The van der Waals surface area contributed by atoms with Gasteiger partial charge in [0.1, 0.15) is 0 Å². The van der Waals surface area contributed by atoms with E-state index < -0.39 is 0 Å². The summed E-state index contributed by atoms with van der Waals surface area (Å²) in [5.41, 5.74) is 4.24. The van der Waals surface area contributed by atoms with E-state index in [1.807, 2.05) is 0 Å². The highest BCUT2D eigenvalue weighted by atomic mass is 79.9. The van der Waals surface area contributed by atoms with Crippen LogP contribution in [-0.4, -0.2) is 6.54 Å². The highest BCUT2D eigenvalue weighted by Gasteiger charge is 2.16. The minimum atomic E-state index is 1.01. The second-order valence-electron chi connectivity index (χ2n) is 4.78. The van der Waals surface area contributed by atoms with E-state index in [4.69, 9.17) is 0 Å². The number of fused-ring (bicyclic) bond motifs is 1. The Balaban J connectivity index is 1.87. The summed E-state index contributed by atoms with van der Waals surface area (Å²) in [6.07, 6.45) is 2.44. The molecule has 2 aromatic rings. The fourth-order valence-corrected chi connectivity index (χ4v) is 3.02. The van der Waals surface area contributed by atoms with Gasteiger partial charge >= 0.3 is 0 Å². The molecule has 2 aromatic carbocycles. The van der Waals surface area contributed by atoms with Gasteiger partial charge in [0.15, 0.2) is 0 Å². The zero-order valence-corrected chi connectivity index (χ0v) is 11.9. The molecule has 0 saturated heterocycles. The molecule has 0 aromatic heterocycles. The first-order valence-corrected chi connectivity index (χ1v) is 7.19. The summed E-state index contributed by atoms with van der Waals surface area (Å²) in [4.78, 5) is 2.49. The molecule has 1 aliphatic heterocycles. The van der Waals surface area contributed by atoms with Crippen LogP contribution in [0.1, 0.15) is 17.5 Å². The van der Waals surface area contributed by atoms with Crippen LogP contribution >= 0.6 is 15.9 Å². The normalized spacial score (nSPS) is 14.4. The number of hydrogen-bond donors (Lipinski definition) is 0. The molecular formula is C16H16BrN. The molecule has 0 unspecified atom stereocenters. The molecule has 0 spiro atoms. The van der Waals surface area contributed by atoms with Gasteiger partial charge in [-0.05, 0) is 42.2 Å². The zero-order valence-electron chi connectivity index (χ0n) is 10.3. The van der Waals surface area contributed by atoms with Gasteiger partial charge in [-0.15, -0.1) is 0 Å². The van der Waals surface area contributed by atoms with Crippen molar-refractivity contribution in [3.63, 3.8) is 0 Å². The average Bonchev–Trinajstić information content (AvgIpc) is 2.40. The smallest absolute Gasteiger partial charge is 0.0429 e. The third-order valence-corrected chi connectivity index (χ3v) is 3.97. The Hall–Kier alpha value is -1.28. The Morgan fingerprint density at radius 3 is 2.72 bits per heavy atom. The third kappa shape index (κ3) is 2.44. The molecule has 0 bridgehead atoms. The molecule has 3 rings (SSSR count). The Morgan fingerprint density at radius 2 is 1.89 bits per heavy atom. The van der Waals surface area contributed by atoms with E-state index in [9.17, 15) is 0 Å². The molecular weight excluding hydrogens is 286 g/mol. The van der Waals surface area contributed by atoms with Crippen LogP contribution in [0.15, 0.2) is 53.0 Å². The van der Waals surface area contributed by atoms with Gasteiger partial charge in [0.05, 0.1) is 0 Å². The molecule has 1 heterocycles. The molecule has 1 aliphatic rings. The van der Waals surface area contributed by atoms with Crippen molar-refractivity contribution in [1.29, 1.82) is 0 Å². The van der Waals surface area contributed by atoms with Gasteiger partial charge in [0.25, 0.3) is 0 Å². The Labute approximate surface area is 117 Å². The molecule has 0 radical (unpaired) electrons. The SMILES string of the molecule is Brc1ccc2c(c1)CCCN2Cc1ccccc1. The quantitative estimate of drug-likeness (QED) is 0.794. The van der Waals surface area contributed by atoms with Crippen molar-refractivity contribution in [2.24, 2.45) is 0 Å². The van der Waals surface area contributed by atoms with Crippen molar-refractivity contribution in [2.45, 2.75) is 19.4 Å². The maximum atomic E-state index is 3.56. The van der Waals surface area contributed by atoms with E-state index in [0.29, 0.717) is 0 Å². The van der Waals surface area contributed by atoms with Crippen LogP contribution in [0.4, 0.5) is 5.69 Å². The minimum Gasteiger partial charge on any atom is -0.367 e. The first kappa shape index (κ1) is 11.8. The largest absolute Gasteiger partial charge is 0.367 e. The van der Waals surface area contributed by atoms with Gasteiger partial charge in [-0.2, -0.15) is 0 Å². The number of rotatable bonds is 2. The fourth-order valence-electron chi connectivity index (χ4n) is 2.61. The van der Waals surface area contributed by atoms with Crippen LogP contribution in [0, 0.1) is 0 Å². The second-order valence-corrected chi connectivity index (χ2v) is 5.70. The van der Waals surface area contributed by atoms with E-state index in [1.54, 1.807) is 0 Å². The number of hydrogen-bond acceptors (Lipinski definition) is 1. The Morgan fingerprint density at radius 1 is 1.06 bits per heavy atom. The Kier molecular flexibility index (Phi) is 3.37. The van der Waals surface area contributed by atoms with Crippen LogP contribution in [0.2, 0.25) is 0 Å². The lowest BCUT2D eigenvalue weighted by Gasteiger charge is -2.31. The molecule has 92 valence electrons. The topological polar surface area (TPSA) is 3.24 Å². The lowest BCUT2D eigenvalue weighted by atomic mass is 10.0. The van der Waals surface area contributed by atoms with Gasteiger partial charge in [0.2, 0.25) is 0 Å². The van der Waals surface area contributed by atoms with Crippen molar-refractivity contribution in [3.05, 3.63) is 64.1 Å². The second kappa shape index (κ2) is 5.15. The summed E-state index contributed by atoms with van der Waals surface area (Å²) in [6, 6.07) is 17.3. The van der Waals surface area contributed by atoms with E-state index >= 15 is 0 Å². The van der Waals surface area contributed by atoms with Crippen molar-refractivity contribution < 1.29 is 0 Å². The molecule has 0 aliphatic carbocycles. The molecule has 0 atom stereocenters. The summed E-state index contributed by atoms with van der Waals surface area (Å²) < 4.78 is 1.18. The fraction of sp³-hybridized carbons (Fsp3) is 0.250. The van der Waals surface area contributed by atoms with Crippen molar-refractivity contribution in [1.82, 2.24) is 0 Å². The number of aryl methyl sites for hydroxylation is 1. The average molecular weight is 302 g/mol. The summed E-state index contributed by atoms with van der Waals surface area (Å²) >= 11 is 3.56. The molecule has 0 amide bonds. The minimum absolute atomic E-state index is 1.01. The molecule has 1 nitrogen and oxygen atoms in total. The maximum Gasteiger partial charge on any atom is 0.0429 e. The Bertz CT molecular complexity index is 536. The predicted molar refractivity (Wildman–Crippen MR) is 80.0 cm³/mol. The van der Waals surface area contributed by atoms with Crippen molar-refractivity contribution >= 4 is 21.6 Å². The van der Waals surface area contributed by atoms with Gasteiger partial charge in [-0.1, -0.05) is 46.3 Å². The molecule has 0 fully saturated rings. The summed E-state index contributed by atoms with van der Waals surface area (Å²) in [5, 5.41) is 0. The highest BCUT2D eigenvalue weighted by Crippen LogP contribution is 2.30. The molecule has 0 saturated carbocycles. The van der Waals surface area contributed by atoms with Crippen LogP contribution in [0.25, 0.3) is 0 Å². The number of anilines is 1. The van der Waals surface area contributed by atoms with Crippen molar-refractivity contribution in [2.75, 3.05) is 11.4 Å². The van der Waals surface area contributed by atoms with Crippen LogP contribution in [-0.2, 0) is 13.0 Å². The van der Waals surface area contributed by atoms with Gasteiger partial charge < -0.3 is 4.90 Å². The number of benzene rings is 2. The maximum absolute atomic E-state index is 3.56. The number of nitrogens with zero attached hydrogens (tertiary/aromatic N) is 1. The van der Waals surface area contributed by atoms with Crippen LogP contribution in [0.5, 0.6) is 0 Å². The standard InChI is InChI=1S/C16H16BrN/c17-15-8-9-16-14(11-15)7-4-10-18(16)12-13-5-2-1-3-6-13/h1-3,5-6,8-9,11H,4,7,10,12H2. The summed E-state index contributed by atoms with van der Waals surface area (Å²) in [7, 11) is 0. The first-order chi connectivity index (χ1) is 8.83. The van der Waals surface area contributed by atoms with Gasteiger partial charge in [-0.25, -0.2) is 0 Å². The van der Waals surface area contributed by atoms with Gasteiger partial charge in [-0.3, -0.25) is 0 Å². The van der Waals surface area contributed by atoms with Crippen LogP contribution in [0.3, 0.4) is 0 Å².